The minimum atomic E-state index is -3.25. The lowest BCUT2D eigenvalue weighted by atomic mass is 9.72. The van der Waals surface area contributed by atoms with Gasteiger partial charge in [-0.1, -0.05) is 66.7 Å². The Balaban J connectivity index is 1.55. The minimum Gasteiger partial charge on any atom is -0.351 e. The number of amides is 1. The zero-order valence-corrected chi connectivity index (χ0v) is 18.6. The van der Waals surface area contributed by atoms with Crippen molar-refractivity contribution in [1.82, 2.24) is 9.62 Å². The molecule has 1 N–H and O–H groups in total. The molecule has 0 aromatic heterocycles. The molecule has 1 amide bonds. The summed E-state index contributed by atoms with van der Waals surface area (Å²) >= 11 is 0. The second kappa shape index (κ2) is 8.81. The van der Waals surface area contributed by atoms with Crippen molar-refractivity contribution in [3.05, 3.63) is 83.9 Å². The van der Waals surface area contributed by atoms with Crippen LogP contribution in [0.1, 0.15) is 30.9 Å². The summed E-state index contributed by atoms with van der Waals surface area (Å²) in [6.07, 6.45) is 0.944. The Hall–Kier alpha value is -2.70. The number of hydrogen-bond acceptors (Lipinski definition) is 3. The standard InChI is InChI=1S/C25H28N2O3S/c1-2-31(29,30)27-16-14-25(15-17-27,23-10-4-3-5-11-23)24(28)26-19-20-12-13-21-8-6-7-9-22(21)18-20/h3-13,18H,2,14-17,19H2,1H3,(H,26,28). The van der Waals surface area contributed by atoms with E-state index < -0.39 is 15.4 Å². The molecule has 0 saturated carbocycles. The van der Waals surface area contributed by atoms with Gasteiger partial charge in [-0.15, -0.1) is 0 Å². The second-order valence-corrected chi connectivity index (χ2v) is 10.4. The van der Waals surface area contributed by atoms with Gasteiger partial charge in [0.25, 0.3) is 0 Å². The maximum absolute atomic E-state index is 13.5. The number of nitrogens with zero attached hydrogens (tertiary/aromatic N) is 1. The molecule has 0 spiro atoms. The van der Waals surface area contributed by atoms with Gasteiger partial charge in [0, 0.05) is 19.6 Å². The number of piperidine rings is 1. The third-order valence-electron chi connectivity index (χ3n) is 6.36. The number of nitrogens with one attached hydrogen (secondary N) is 1. The molecule has 5 nitrogen and oxygen atoms in total. The average Bonchev–Trinajstić information content (AvgIpc) is 2.83. The Morgan fingerprint density at radius 1 is 0.935 bits per heavy atom. The van der Waals surface area contributed by atoms with Gasteiger partial charge in [-0.3, -0.25) is 4.79 Å². The number of rotatable bonds is 6. The van der Waals surface area contributed by atoms with Crippen molar-refractivity contribution in [2.24, 2.45) is 0 Å². The molecule has 1 heterocycles. The van der Waals surface area contributed by atoms with E-state index in [1.807, 2.05) is 48.5 Å². The van der Waals surface area contributed by atoms with Crippen LogP contribution in [0.25, 0.3) is 10.8 Å². The molecule has 0 bridgehead atoms. The number of carbonyl (C=O) groups is 1. The van der Waals surface area contributed by atoms with E-state index in [1.165, 1.54) is 9.69 Å². The summed E-state index contributed by atoms with van der Waals surface area (Å²) in [5, 5.41) is 5.45. The van der Waals surface area contributed by atoms with Gasteiger partial charge in [0.2, 0.25) is 15.9 Å². The largest absolute Gasteiger partial charge is 0.351 e. The first-order chi connectivity index (χ1) is 14.9. The van der Waals surface area contributed by atoms with Crippen molar-refractivity contribution >= 4 is 26.7 Å². The summed E-state index contributed by atoms with van der Waals surface area (Å²) < 4.78 is 26.1. The van der Waals surface area contributed by atoms with Crippen molar-refractivity contribution in [3.8, 4) is 0 Å². The van der Waals surface area contributed by atoms with Gasteiger partial charge in [0.15, 0.2) is 0 Å². The van der Waals surface area contributed by atoms with Crippen molar-refractivity contribution in [3.63, 3.8) is 0 Å². The molecule has 1 saturated heterocycles. The molecule has 31 heavy (non-hydrogen) atoms. The van der Waals surface area contributed by atoms with Crippen LogP contribution in [-0.4, -0.2) is 37.5 Å². The molecular formula is C25H28N2O3S. The van der Waals surface area contributed by atoms with Gasteiger partial charge in [0.05, 0.1) is 11.2 Å². The van der Waals surface area contributed by atoms with E-state index >= 15 is 0 Å². The highest BCUT2D eigenvalue weighted by Gasteiger charge is 2.44. The maximum Gasteiger partial charge on any atom is 0.231 e. The van der Waals surface area contributed by atoms with E-state index in [-0.39, 0.29) is 11.7 Å². The smallest absolute Gasteiger partial charge is 0.231 e. The van der Waals surface area contributed by atoms with Crippen LogP contribution in [0.15, 0.2) is 72.8 Å². The molecule has 4 rings (SSSR count). The van der Waals surface area contributed by atoms with Gasteiger partial charge in [-0.25, -0.2) is 12.7 Å². The fourth-order valence-corrected chi connectivity index (χ4v) is 5.54. The number of carbonyl (C=O) groups excluding carboxylic acids is 1. The Bertz CT molecular complexity index is 1170. The van der Waals surface area contributed by atoms with Crippen LogP contribution in [-0.2, 0) is 26.8 Å². The topological polar surface area (TPSA) is 66.5 Å². The Morgan fingerprint density at radius 3 is 2.26 bits per heavy atom. The van der Waals surface area contributed by atoms with Crippen molar-refractivity contribution < 1.29 is 13.2 Å². The van der Waals surface area contributed by atoms with E-state index in [0.717, 1.165) is 16.5 Å². The predicted molar refractivity (Wildman–Crippen MR) is 124 cm³/mol. The van der Waals surface area contributed by atoms with Gasteiger partial charge in [0.1, 0.15) is 0 Å². The van der Waals surface area contributed by atoms with Gasteiger partial charge in [-0.05, 0) is 47.7 Å². The normalized spacial score (nSPS) is 16.8. The van der Waals surface area contributed by atoms with Gasteiger partial charge < -0.3 is 5.32 Å². The SMILES string of the molecule is CCS(=O)(=O)N1CCC(C(=O)NCc2ccc3ccccc3c2)(c2ccccc2)CC1. The quantitative estimate of drug-likeness (QED) is 0.638. The number of sulfonamides is 1. The van der Waals surface area contributed by atoms with Crippen LogP contribution >= 0.6 is 0 Å². The monoisotopic (exact) mass is 436 g/mol. The van der Waals surface area contributed by atoms with E-state index in [0.29, 0.717) is 32.5 Å². The highest BCUT2D eigenvalue weighted by Crippen LogP contribution is 2.37. The molecule has 3 aromatic rings. The highest BCUT2D eigenvalue weighted by molar-refractivity contribution is 7.89. The summed E-state index contributed by atoms with van der Waals surface area (Å²) in [6, 6.07) is 24.1. The van der Waals surface area contributed by atoms with Crippen LogP contribution in [0.5, 0.6) is 0 Å². The lowest BCUT2D eigenvalue weighted by Crippen LogP contribution is -2.52. The third-order valence-corrected chi connectivity index (χ3v) is 8.24. The van der Waals surface area contributed by atoms with E-state index in [1.54, 1.807) is 6.92 Å². The fraction of sp³-hybridized carbons (Fsp3) is 0.320. The molecule has 0 aliphatic carbocycles. The lowest BCUT2D eigenvalue weighted by Gasteiger charge is -2.40. The Kier molecular flexibility index (Phi) is 6.12. The summed E-state index contributed by atoms with van der Waals surface area (Å²) in [4.78, 5) is 13.5. The summed E-state index contributed by atoms with van der Waals surface area (Å²) in [5.74, 6) is 0.0415. The number of benzene rings is 3. The molecule has 1 aliphatic heterocycles. The van der Waals surface area contributed by atoms with E-state index in [2.05, 4.69) is 29.6 Å². The van der Waals surface area contributed by atoms with Crippen LogP contribution in [0.4, 0.5) is 0 Å². The molecule has 0 atom stereocenters. The van der Waals surface area contributed by atoms with Gasteiger partial charge in [-0.2, -0.15) is 0 Å². The first kappa shape index (κ1) is 21.5. The first-order valence-electron chi connectivity index (χ1n) is 10.7. The van der Waals surface area contributed by atoms with Crippen LogP contribution in [0, 0.1) is 0 Å². The average molecular weight is 437 g/mol. The molecule has 0 unspecified atom stereocenters. The molecular weight excluding hydrogens is 408 g/mol. The van der Waals surface area contributed by atoms with Gasteiger partial charge >= 0.3 is 0 Å². The molecule has 1 aliphatic rings. The molecule has 3 aromatic carbocycles. The van der Waals surface area contributed by atoms with E-state index in [4.69, 9.17) is 0 Å². The second-order valence-electron chi connectivity index (χ2n) is 8.11. The van der Waals surface area contributed by atoms with Crippen LogP contribution in [0.3, 0.4) is 0 Å². The van der Waals surface area contributed by atoms with Crippen LogP contribution in [0.2, 0.25) is 0 Å². The number of hydrogen-bond donors (Lipinski definition) is 1. The Morgan fingerprint density at radius 2 is 1.58 bits per heavy atom. The third kappa shape index (κ3) is 4.36. The van der Waals surface area contributed by atoms with Crippen molar-refractivity contribution in [2.45, 2.75) is 31.7 Å². The predicted octanol–water partition coefficient (Wildman–Crippen LogP) is 3.84. The number of fused-ring (bicyclic) bond motifs is 1. The highest BCUT2D eigenvalue weighted by atomic mass is 32.2. The fourth-order valence-electron chi connectivity index (χ4n) is 4.43. The summed E-state index contributed by atoms with van der Waals surface area (Å²) in [7, 11) is -3.25. The molecule has 162 valence electrons. The first-order valence-corrected chi connectivity index (χ1v) is 12.3. The Labute approximate surface area is 184 Å². The van der Waals surface area contributed by atoms with Crippen molar-refractivity contribution in [2.75, 3.05) is 18.8 Å². The lowest BCUT2D eigenvalue weighted by molar-refractivity contribution is -0.128. The minimum absolute atomic E-state index is 0.0413. The maximum atomic E-state index is 13.5. The molecule has 6 heteroatoms. The zero-order valence-electron chi connectivity index (χ0n) is 17.8. The molecule has 1 fully saturated rings. The molecule has 0 radical (unpaired) electrons. The zero-order chi connectivity index (χ0) is 21.9. The van der Waals surface area contributed by atoms with Crippen LogP contribution < -0.4 is 5.32 Å². The van der Waals surface area contributed by atoms with E-state index in [9.17, 15) is 13.2 Å². The summed E-state index contributed by atoms with van der Waals surface area (Å²) in [5.41, 5.74) is 1.26. The summed E-state index contributed by atoms with van der Waals surface area (Å²) in [6.45, 7) is 2.81. The van der Waals surface area contributed by atoms with Crippen molar-refractivity contribution in [1.29, 1.82) is 0 Å².